The van der Waals surface area contributed by atoms with E-state index in [2.05, 4.69) is 20.4 Å². The standard InChI is InChI=1S/C21H22F3N5O4/c1-2-4-14-16(6-5-15-19(14)33-28-20(15)21(22,23)24)32-10-3-9-29(13-30)18(31)12-27-17-11-25-7-8-26-17/h5-8,11,13H,2-4,9-10,12H2,1H3,(H,26,27). The van der Waals surface area contributed by atoms with Gasteiger partial charge >= 0.3 is 6.18 Å². The zero-order chi connectivity index (χ0) is 23.8. The van der Waals surface area contributed by atoms with Crippen molar-refractivity contribution in [3.8, 4) is 5.75 Å². The van der Waals surface area contributed by atoms with Crippen molar-refractivity contribution in [1.82, 2.24) is 20.0 Å². The molecule has 2 aromatic heterocycles. The number of aryl methyl sites for hydroxylation is 1. The second-order valence-electron chi connectivity index (χ2n) is 7.04. The molecule has 0 spiro atoms. The van der Waals surface area contributed by atoms with Gasteiger partial charge in [0.05, 0.1) is 24.7 Å². The highest BCUT2D eigenvalue weighted by atomic mass is 19.4. The summed E-state index contributed by atoms with van der Waals surface area (Å²) in [7, 11) is 0. The molecule has 12 heteroatoms. The van der Waals surface area contributed by atoms with Gasteiger partial charge < -0.3 is 14.6 Å². The van der Waals surface area contributed by atoms with Crippen molar-refractivity contribution in [2.45, 2.75) is 32.4 Å². The SMILES string of the molecule is CCCc1c(OCCCN(C=O)C(=O)CNc2cnccn2)ccc2c(C(F)(F)F)noc12. The van der Waals surface area contributed by atoms with Crippen LogP contribution in [0.15, 0.2) is 35.2 Å². The summed E-state index contributed by atoms with van der Waals surface area (Å²) in [5.41, 5.74) is -0.535. The molecule has 0 radical (unpaired) electrons. The molecule has 2 heterocycles. The number of benzene rings is 1. The van der Waals surface area contributed by atoms with Gasteiger partial charge in [-0.25, -0.2) is 4.98 Å². The van der Waals surface area contributed by atoms with Crippen molar-refractivity contribution >= 4 is 29.1 Å². The Hall–Kier alpha value is -3.70. The zero-order valence-corrected chi connectivity index (χ0v) is 17.8. The van der Waals surface area contributed by atoms with Crippen molar-refractivity contribution in [2.75, 3.05) is 25.0 Å². The summed E-state index contributed by atoms with van der Waals surface area (Å²) in [6, 6.07) is 2.72. The number of alkyl halides is 3. The van der Waals surface area contributed by atoms with E-state index in [1.165, 1.54) is 30.7 Å². The molecule has 0 aliphatic rings. The molecule has 0 aliphatic heterocycles. The Balaban J connectivity index is 1.58. The number of carbonyl (C=O) groups is 2. The summed E-state index contributed by atoms with van der Waals surface area (Å²) in [5.74, 6) is 0.326. The largest absolute Gasteiger partial charge is 0.493 e. The molecule has 176 valence electrons. The Morgan fingerprint density at radius 2 is 2.12 bits per heavy atom. The summed E-state index contributed by atoms with van der Waals surface area (Å²) in [6.07, 6.45) is 1.63. The number of rotatable bonds is 11. The highest BCUT2D eigenvalue weighted by Gasteiger charge is 2.37. The van der Waals surface area contributed by atoms with E-state index < -0.39 is 17.8 Å². The number of nitrogens with one attached hydrogen (secondary N) is 1. The average Bonchev–Trinajstić information content (AvgIpc) is 3.24. The minimum atomic E-state index is -4.62. The topological polar surface area (TPSA) is 110 Å². The van der Waals surface area contributed by atoms with Gasteiger partial charge in [-0.05, 0) is 25.0 Å². The molecule has 2 amide bonds. The van der Waals surface area contributed by atoms with Crippen LogP contribution in [0.2, 0.25) is 0 Å². The molecule has 33 heavy (non-hydrogen) atoms. The van der Waals surface area contributed by atoms with Crippen LogP contribution in [-0.4, -0.2) is 52.0 Å². The van der Waals surface area contributed by atoms with Gasteiger partial charge in [0.15, 0.2) is 11.3 Å². The van der Waals surface area contributed by atoms with Gasteiger partial charge in [0.25, 0.3) is 0 Å². The number of nitrogens with zero attached hydrogens (tertiary/aromatic N) is 4. The first-order valence-corrected chi connectivity index (χ1v) is 10.2. The molecule has 0 saturated carbocycles. The third-order valence-electron chi connectivity index (χ3n) is 4.70. The van der Waals surface area contributed by atoms with Crippen molar-refractivity contribution in [1.29, 1.82) is 0 Å². The van der Waals surface area contributed by atoms with Crippen LogP contribution in [0.3, 0.4) is 0 Å². The fourth-order valence-corrected chi connectivity index (χ4v) is 3.18. The summed E-state index contributed by atoms with van der Waals surface area (Å²) in [6.45, 7) is 1.99. The molecule has 9 nitrogen and oxygen atoms in total. The van der Waals surface area contributed by atoms with Crippen LogP contribution in [0.5, 0.6) is 5.75 Å². The molecule has 0 fully saturated rings. The van der Waals surface area contributed by atoms with Crippen LogP contribution < -0.4 is 10.1 Å². The Morgan fingerprint density at radius 3 is 2.79 bits per heavy atom. The number of aromatic nitrogens is 3. The average molecular weight is 465 g/mol. The molecule has 1 aromatic carbocycles. The van der Waals surface area contributed by atoms with E-state index in [1.807, 2.05) is 6.92 Å². The van der Waals surface area contributed by atoms with Gasteiger partial charge in [0, 0.05) is 24.5 Å². The Labute approximate surface area is 186 Å². The molecule has 0 atom stereocenters. The Kier molecular flexibility index (Phi) is 7.80. The predicted octanol–water partition coefficient (Wildman–Crippen LogP) is 3.46. The van der Waals surface area contributed by atoms with Crippen LogP contribution in [-0.2, 0) is 22.2 Å². The molecule has 3 aromatic rings. The number of anilines is 1. The van der Waals surface area contributed by atoms with Gasteiger partial charge in [-0.2, -0.15) is 13.2 Å². The number of imide groups is 1. The van der Waals surface area contributed by atoms with E-state index in [0.717, 1.165) is 4.90 Å². The van der Waals surface area contributed by atoms with Crippen molar-refractivity contribution < 1.29 is 32.0 Å². The lowest BCUT2D eigenvalue weighted by Crippen LogP contribution is -2.35. The van der Waals surface area contributed by atoms with Crippen LogP contribution in [0, 0.1) is 0 Å². The Bertz CT molecular complexity index is 1090. The second-order valence-corrected chi connectivity index (χ2v) is 7.04. The van der Waals surface area contributed by atoms with E-state index >= 15 is 0 Å². The second kappa shape index (κ2) is 10.7. The molecule has 0 saturated heterocycles. The maximum atomic E-state index is 13.1. The zero-order valence-electron chi connectivity index (χ0n) is 17.8. The molecular weight excluding hydrogens is 443 g/mol. The predicted molar refractivity (Wildman–Crippen MR) is 111 cm³/mol. The molecule has 0 unspecified atom stereocenters. The summed E-state index contributed by atoms with van der Waals surface area (Å²) in [4.78, 5) is 32.4. The fraction of sp³-hybridized carbons (Fsp3) is 0.381. The third kappa shape index (κ3) is 5.96. The van der Waals surface area contributed by atoms with Gasteiger partial charge in [-0.3, -0.25) is 19.5 Å². The summed E-state index contributed by atoms with van der Waals surface area (Å²) in [5, 5.41) is 5.84. The molecule has 1 N–H and O–H groups in total. The van der Waals surface area contributed by atoms with Crippen LogP contribution in [0.25, 0.3) is 11.0 Å². The van der Waals surface area contributed by atoms with E-state index in [-0.39, 0.29) is 30.7 Å². The van der Waals surface area contributed by atoms with Gasteiger partial charge in [-0.1, -0.05) is 18.5 Å². The van der Waals surface area contributed by atoms with Crippen molar-refractivity contribution in [3.05, 3.63) is 42.0 Å². The van der Waals surface area contributed by atoms with Crippen molar-refractivity contribution in [3.63, 3.8) is 0 Å². The minimum absolute atomic E-state index is 0.0430. The van der Waals surface area contributed by atoms with Crippen LogP contribution >= 0.6 is 0 Å². The molecular formula is C21H22F3N5O4. The highest BCUT2D eigenvalue weighted by Crippen LogP contribution is 2.38. The minimum Gasteiger partial charge on any atom is -0.493 e. The first-order chi connectivity index (χ1) is 15.8. The normalized spacial score (nSPS) is 11.4. The maximum Gasteiger partial charge on any atom is 0.437 e. The number of fused-ring (bicyclic) bond motifs is 1. The van der Waals surface area contributed by atoms with E-state index in [4.69, 9.17) is 9.26 Å². The number of amides is 2. The van der Waals surface area contributed by atoms with E-state index in [9.17, 15) is 22.8 Å². The number of ether oxygens (including phenoxy) is 1. The lowest BCUT2D eigenvalue weighted by Gasteiger charge is -2.17. The number of hydrogen-bond donors (Lipinski definition) is 1. The first kappa shape index (κ1) is 24.0. The lowest BCUT2D eigenvalue weighted by molar-refractivity contribution is -0.141. The smallest absolute Gasteiger partial charge is 0.437 e. The van der Waals surface area contributed by atoms with Gasteiger partial charge in [0.2, 0.25) is 12.3 Å². The third-order valence-corrected chi connectivity index (χ3v) is 4.70. The maximum absolute atomic E-state index is 13.1. The van der Waals surface area contributed by atoms with Gasteiger partial charge in [-0.15, -0.1) is 0 Å². The van der Waals surface area contributed by atoms with Crippen LogP contribution in [0.4, 0.5) is 19.0 Å². The van der Waals surface area contributed by atoms with Crippen LogP contribution in [0.1, 0.15) is 31.0 Å². The summed E-state index contributed by atoms with van der Waals surface area (Å²) >= 11 is 0. The molecule has 3 rings (SSSR count). The summed E-state index contributed by atoms with van der Waals surface area (Å²) < 4.78 is 50.1. The van der Waals surface area contributed by atoms with Gasteiger partial charge in [0.1, 0.15) is 11.6 Å². The number of carbonyl (C=O) groups excluding carboxylic acids is 2. The number of halogens is 3. The van der Waals surface area contributed by atoms with E-state index in [0.29, 0.717) is 42.8 Å². The molecule has 0 aliphatic carbocycles. The first-order valence-electron chi connectivity index (χ1n) is 10.2. The van der Waals surface area contributed by atoms with Crippen molar-refractivity contribution in [2.24, 2.45) is 0 Å². The molecule has 0 bridgehead atoms. The van der Waals surface area contributed by atoms with E-state index in [1.54, 1.807) is 0 Å². The lowest BCUT2D eigenvalue weighted by atomic mass is 10.0. The Morgan fingerprint density at radius 1 is 1.30 bits per heavy atom. The fourth-order valence-electron chi connectivity index (χ4n) is 3.18. The quantitative estimate of drug-likeness (QED) is 0.339. The monoisotopic (exact) mass is 465 g/mol. The highest BCUT2D eigenvalue weighted by molar-refractivity contribution is 5.89. The number of hydrogen-bond acceptors (Lipinski definition) is 8.